The molecule has 0 saturated carbocycles. The molecule has 2 aromatic heterocycles. The zero-order chi connectivity index (χ0) is 30.5. The first-order chi connectivity index (χ1) is 22.8. The van der Waals surface area contributed by atoms with E-state index in [2.05, 4.69) is 162 Å². The zero-order valence-corrected chi connectivity index (χ0v) is 25.1. The van der Waals surface area contributed by atoms with Gasteiger partial charge >= 0.3 is 0 Å². The van der Waals surface area contributed by atoms with E-state index >= 15 is 0 Å². The first kappa shape index (κ1) is 26.4. The van der Waals surface area contributed by atoms with Crippen molar-refractivity contribution in [3.63, 3.8) is 0 Å². The summed E-state index contributed by atoms with van der Waals surface area (Å²) < 4.78 is 0. The molecule has 0 saturated heterocycles. The normalized spacial score (nSPS) is 14.2. The van der Waals surface area contributed by atoms with Crippen LogP contribution in [0.25, 0.3) is 60.5 Å². The Morgan fingerprint density at radius 3 is 2.07 bits per heavy atom. The highest BCUT2D eigenvalue weighted by Gasteiger charge is 2.24. The summed E-state index contributed by atoms with van der Waals surface area (Å²) >= 11 is 0. The maximum Gasteiger partial charge on any atom is 0.0972 e. The van der Waals surface area contributed by atoms with E-state index in [1.165, 1.54) is 44.2 Å². The third-order valence-corrected chi connectivity index (χ3v) is 9.14. The quantitative estimate of drug-likeness (QED) is 0.208. The maximum absolute atomic E-state index is 5.06. The number of nitrogens with zero attached hydrogens (tertiary/aromatic N) is 2. The van der Waals surface area contributed by atoms with Gasteiger partial charge in [-0.3, -0.25) is 4.98 Å². The van der Waals surface area contributed by atoms with Gasteiger partial charge in [0.05, 0.1) is 22.8 Å². The van der Waals surface area contributed by atoms with Gasteiger partial charge in [0.15, 0.2) is 0 Å². The van der Waals surface area contributed by atoms with Gasteiger partial charge in [-0.05, 0) is 62.9 Å². The molecule has 1 unspecified atom stereocenters. The van der Waals surface area contributed by atoms with E-state index in [1.807, 2.05) is 12.3 Å². The van der Waals surface area contributed by atoms with Gasteiger partial charge in [0.1, 0.15) is 0 Å². The van der Waals surface area contributed by atoms with Crippen LogP contribution in [0.2, 0.25) is 0 Å². The Balaban J connectivity index is 1.14. The lowest BCUT2D eigenvalue weighted by Gasteiger charge is -2.29. The Labute approximate surface area is 267 Å². The summed E-state index contributed by atoms with van der Waals surface area (Å²) in [4.78, 5) is 9.69. The SMILES string of the molecule is C1=C(c2ccccc2)c2c(ccc3c(-c4ccc(-c5ccc6ccc7cccnc7c6n5)cc4)cccc23)NC1c1ccccc1. The molecule has 3 nitrogen and oxygen atoms in total. The van der Waals surface area contributed by atoms with Crippen LogP contribution in [-0.2, 0) is 0 Å². The van der Waals surface area contributed by atoms with E-state index < -0.39 is 0 Å². The lowest BCUT2D eigenvalue weighted by atomic mass is 9.85. The molecular weight excluding hydrogens is 558 g/mol. The second-order valence-corrected chi connectivity index (χ2v) is 11.9. The van der Waals surface area contributed by atoms with Crippen molar-refractivity contribution in [3.8, 4) is 22.4 Å². The summed E-state index contributed by atoms with van der Waals surface area (Å²) in [5.41, 5.74) is 12.4. The van der Waals surface area contributed by atoms with Gasteiger partial charge in [-0.2, -0.15) is 0 Å². The van der Waals surface area contributed by atoms with Crippen molar-refractivity contribution in [3.05, 3.63) is 181 Å². The minimum absolute atomic E-state index is 0.0922. The summed E-state index contributed by atoms with van der Waals surface area (Å²) in [5, 5.41) is 8.50. The second-order valence-electron chi connectivity index (χ2n) is 11.9. The van der Waals surface area contributed by atoms with Crippen LogP contribution in [0.3, 0.4) is 0 Å². The van der Waals surface area contributed by atoms with E-state index in [1.54, 1.807) is 0 Å². The van der Waals surface area contributed by atoms with E-state index in [9.17, 15) is 0 Å². The van der Waals surface area contributed by atoms with Crippen molar-refractivity contribution >= 4 is 43.8 Å². The van der Waals surface area contributed by atoms with Crippen molar-refractivity contribution in [1.29, 1.82) is 0 Å². The number of nitrogens with one attached hydrogen (secondary N) is 1. The highest BCUT2D eigenvalue weighted by Crippen LogP contribution is 2.44. The van der Waals surface area contributed by atoms with Crippen LogP contribution in [0.5, 0.6) is 0 Å². The standard InChI is InChI=1S/C43H29N3/c1-3-9-28(10-4-1)37-27-40(30-11-5-2-6-12-30)45-39-25-23-35-34(14-7-15-36(35)41(37)39)29-16-18-31(19-17-29)38-24-22-33-21-20-32-13-8-26-44-42(32)43(33)46-38/h1-27,40,45H. The predicted octanol–water partition coefficient (Wildman–Crippen LogP) is 10.9. The first-order valence-electron chi connectivity index (χ1n) is 15.7. The summed E-state index contributed by atoms with van der Waals surface area (Å²) in [7, 11) is 0. The highest BCUT2D eigenvalue weighted by molar-refractivity contribution is 6.09. The Kier molecular flexibility index (Phi) is 6.20. The molecule has 0 amide bonds. The Hall–Kier alpha value is -6.06. The molecule has 3 heteroatoms. The van der Waals surface area contributed by atoms with Crippen molar-refractivity contribution in [2.45, 2.75) is 6.04 Å². The zero-order valence-electron chi connectivity index (χ0n) is 25.1. The Bertz CT molecular complexity index is 2430. The number of hydrogen-bond acceptors (Lipinski definition) is 3. The summed E-state index contributed by atoms with van der Waals surface area (Å²) in [6.07, 6.45) is 4.21. The molecule has 1 atom stereocenters. The molecule has 9 rings (SSSR count). The smallest absolute Gasteiger partial charge is 0.0972 e. The van der Waals surface area contributed by atoms with Gasteiger partial charge in [0, 0.05) is 33.8 Å². The number of aromatic nitrogens is 2. The maximum atomic E-state index is 5.06. The van der Waals surface area contributed by atoms with Crippen molar-refractivity contribution in [1.82, 2.24) is 9.97 Å². The van der Waals surface area contributed by atoms with E-state index in [4.69, 9.17) is 4.98 Å². The van der Waals surface area contributed by atoms with Crippen LogP contribution in [0.4, 0.5) is 5.69 Å². The fourth-order valence-corrected chi connectivity index (χ4v) is 6.88. The third kappa shape index (κ3) is 4.44. The number of benzene rings is 6. The van der Waals surface area contributed by atoms with Crippen molar-refractivity contribution in [2.75, 3.05) is 5.32 Å². The lowest BCUT2D eigenvalue weighted by molar-refractivity contribution is 0.974. The molecule has 0 spiro atoms. The molecule has 1 N–H and O–H groups in total. The van der Waals surface area contributed by atoms with Gasteiger partial charge in [-0.25, -0.2) is 4.98 Å². The number of hydrogen-bond donors (Lipinski definition) is 1. The summed E-state index contributed by atoms with van der Waals surface area (Å²) in [6.45, 7) is 0. The fraction of sp³-hybridized carbons (Fsp3) is 0.0233. The fourth-order valence-electron chi connectivity index (χ4n) is 6.88. The van der Waals surface area contributed by atoms with E-state index in [-0.39, 0.29) is 6.04 Å². The average Bonchev–Trinajstić information content (AvgIpc) is 3.14. The molecule has 0 bridgehead atoms. The number of fused-ring (bicyclic) bond motifs is 6. The molecule has 46 heavy (non-hydrogen) atoms. The van der Waals surface area contributed by atoms with Gasteiger partial charge < -0.3 is 5.32 Å². The number of pyridine rings is 2. The van der Waals surface area contributed by atoms with Crippen LogP contribution >= 0.6 is 0 Å². The molecule has 0 fully saturated rings. The van der Waals surface area contributed by atoms with Gasteiger partial charge in [0.2, 0.25) is 0 Å². The minimum Gasteiger partial charge on any atom is -0.374 e. The van der Waals surface area contributed by atoms with Crippen LogP contribution in [0.1, 0.15) is 22.7 Å². The van der Waals surface area contributed by atoms with Crippen LogP contribution in [0, 0.1) is 0 Å². The molecule has 1 aliphatic heterocycles. The largest absolute Gasteiger partial charge is 0.374 e. The van der Waals surface area contributed by atoms with Crippen LogP contribution in [0.15, 0.2) is 164 Å². The van der Waals surface area contributed by atoms with Crippen molar-refractivity contribution < 1.29 is 0 Å². The van der Waals surface area contributed by atoms with Gasteiger partial charge in [-0.15, -0.1) is 0 Å². The van der Waals surface area contributed by atoms with Crippen molar-refractivity contribution in [2.24, 2.45) is 0 Å². The summed E-state index contributed by atoms with van der Waals surface area (Å²) in [5.74, 6) is 0. The molecule has 3 heterocycles. The predicted molar refractivity (Wildman–Crippen MR) is 192 cm³/mol. The first-order valence-corrected chi connectivity index (χ1v) is 15.7. The molecule has 0 radical (unpaired) electrons. The number of rotatable bonds is 4. The Morgan fingerprint density at radius 2 is 1.24 bits per heavy atom. The third-order valence-electron chi connectivity index (χ3n) is 9.14. The monoisotopic (exact) mass is 587 g/mol. The van der Waals surface area contributed by atoms with E-state index in [0.717, 1.165) is 38.8 Å². The summed E-state index contributed by atoms with van der Waals surface area (Å²) in [6, 6.07) is 54.0. The Morgan fingerprint density at radius 1 is 0.500 bits per heavy atom. The topological polar surface area (TPSA) is 37.8 Å². The van der Waals surface area contributed by atoms with E-state index in [0.29, 0.717) is 0 Å². The second kappa shape index (κ2) is 10.8. The van der Waals surface area contributed by atoms with Gasteiger partial charge in [0.25, 0.3) is 0 Å². The van der Waals surface area contributed by atoms with Crippen LogP contribution < -0.4 is 5.32 Å². The van der Waals surface area contributed by atoms with Gasteiger partial charge in [-0.1, -0.05) is 133 Å². The molecule has 0 aliphatic carbocycles. The van der Waals surface area contributed by atoms with Crippen LogP contribution in [-0.4, -0.2) is 9.97 Å². The minimum atomic E-state index is 0.0922. The molecular formula is C43H29N3. The molecule has 6 aromatic carbocycles. The average molecular weight is 588 g/mol. The number of anilines is 1. The lowest BCUT2D eigenvalue weighted by Crippen LogP contribution is -2.15. The highest BCUT2D eigenvalue weighted by atomic mass is 14.9. The molecule has 8 aromatic rings. The molecule has 216 valence electrons. The molecule has 1 aliphatic rings.